The maximum absolute atomic E-state index is 13.1. The van der Waals surface area contributed by atoms with Crippen molar-refractivity contribution in [3.63, 3.8) is 0 Å². The van der Waals surface area contributed by atoms with Crippen LogP contribution in [0, 0.1) is 5.82 Å². The van der Waals surface area contributed by atoms with Crippen molar-refractivity contribution in [2.24, 2.45) is 5.10 Å². The van der Waals surface area contributed by atoms with E-state index in [1.54, 1.807) is 24.3 Å². The van der Waals surface area contributed by atoms with Crippen LogP contribution in [0.1, 0.15) is 18.1 Å². The van der Waals surface area contributed by atoms with Crippen LogP contribution in [0.25, 0.3) is 0 Å². The van der Waals surface area contributed by atoms with Gasteiger partial charge in [0.1, 0.15) is 12.4 Å². The van der Waals surface area contributed by atoms with Crippen molar-refractivity contribution in [1.29, 1.82) is 0 Å². The molecule has 31 heavy (non-hydrogen) atoms. The Labute approximate surface area is 185 Å². The van der Waals surface area contributed by atoms with Crippen LogP contribution in [-0.4, -0.2) is 56.5 Å². The van der Waals surface area contributed by atoms with Gasteiger partial charge in [-0.15, -0.1) is 0 Å². The fourth-order valence-electron chi connectivity index (χ4n) is 2.98. The first kappa shape index (κ1) is 23.0. The number of amides is 1. The van der Waals surface area contributed by atoms with Crippen LogP contribution in [0.5, 0.6) is 11.5 Å². The lowest BCUT2D eigenvalue weighted by molar-refractivity contribution is -0.123. The minimum atomic E-state index is -0.308. The molecule has 0 spiro atoms. The molecule has 1 amide bonds. The molecule has 1 aliphatic rings. The summed E-state index contributed by atoms with van der Waals surface area (Å²) in [6.07, 6.45) is 1.50. The quantitative estimate of drug-likeness (QED) is 0.470. The summed E-state index contributed by atoms with van der Waals surface area (Å²) < 4.78 is 29.8. The fourth-order valence-corrected chi connectivity index (χ4v) is 3.25. The van der Waals surface area contributed by atoms with E-state index in [2.05, 4.69) is 10.5 Å². The number of ether oxygens (including phenoxy) is 3. The van der Waals surface area contributed by atoms with E-state index in [-0.39, 0.29) is 24.9 Å². The SMILES string of the molecule is CCOc1cc(/C=N/NC(=O)CN2CCOCC2)cc(Cl)c1OCc1ccc(F)cc1. The van der Waals surface area contributed by atoms with E-state index in [4.69, 9.17) is 25.8 Å². The zero-order valence-corrected chi connectivity index (χ0v) is 18.0. The van der Waals surface area contributed by atoms with Gasteiger partial charge in [-0.25, -0.2) is 9.82 Å². The molecule has 2 aromatic carbocycles. The molecule has 1 N–H and O–H groups in total. The summed E-state index contributed by atoms with van der Waals surface area (Å²) >= 11 is 6.40. The van der Waals surface area contributed by atoms with E-state index < -0.39 is 0 Å². The van der Waals surface area contributed by atoms with Crippen LogP contribution >= 0.6 is 11.6 Å². The van der Waals surface area contributed by atoms with Crippen molar-refractivity contribution in [2.45, 2.75) is 13.5 Å². The number of rotatable bonds is 9. The Morgan fingerprint density at radius 3 is 2.71 bits per heavy atom. The molecule has 1 heterocycles. The lowest BCUT2D eigenvalue weighted by atomic mass is 10.2. The zero-order chi connectivity index (χ0) is 22.1. The van der Waals surface area contributed by atoms with Crippen molar-refractivity contribution in [3.8, 4) is 11.5 Å². The number of hydrogen-bond acceptors (Lipinski definition) is 6. The van der Waals surface area contributed by atoms with Crippen molar-refractivity contribution in [3.05, 3.63) is 58.4 Å². The Balaban J connectivity index is 1.62. The normalized spacial score (nSPS) is 14.5. The molecule has 0 aromatic heterocycles. The van der Waals surface area contributed by atoms with Gasteiger partial charge in [-0.2, -0.15) is 5.10 Å². The number of halogens is 2. The first-order valence-electron chi connectivity index (χ1n) is 10.0. The number of benzene rings is 2. The van der Waals surface area contributed by atoms with Crippen LogP contribution in [0.3, 0.4) is 0 Å². The highest BCUT2D eigenvalue weighted by Crippen LogP contribution is 2.37. The second-order valence-corrected chi connectivity index (χ2v) is 7.27. The average molecular weight is 450 g/mol. The largest absolute Gasteiger partial charge is 0.490 e. The van der Waals surface area contributed by atoms with Gasteiger partial charge in [0, 0.05) is 13.1 Å². The Hall–Kier alpha value is -2.68. The summed E-state index contributed by atoms with van der Waals surface area (Å²) in [6.45, 7) is 5.46. The van der Waals surface area contributed by atoms with Crippen LogP contribution in [0.4, 0.5) is 4.39 Å². The Morgan fingerprint density at radius 2 is 2.00 bits per heavy atom. The van der Waals surface area contributed by atoms with E-state index in [1.807, 2.05) is 11.8 Å². The highest BCUT2D eigenvalue weighted by Gasteiger charge is 2.14. The third kappa shape index (κ3) is 7.20. The monoisotopic (exact) mass is 449 g/mol. The summed E-state index contributed by atoms with van der Waals surface area (Å²) in [5, 5.41) is 4.35. The summed E-state index contributed by atoms with van der Waals surface area (Å²) in [5.74, 6) is 0.338. The predicted octanol–water partition coefficient (Wildman–Crippen LogP) is 3.24. The molecule has 0 unspecified atom stereocenters. The van der Waals surface area contributed by atoms with Crippen molar-refractivity contribution >= 4 is 23.7 Å². The van der Waals surface area contributed by atoms with Crippen molar-refractivity contribution in [2.75, 3.05) is 39.5 Å². The summed E-state index contributed by atoms with van der Waals surface area (Å²) in [6, 6.07) is 9.43. The number of hydrazone groups is 1. The minimum absolute atomic E-state index is 0.200. The molecule has 9 heteroatoms. The number of hydrogen-bond donors (Lipinski definition) is 1. The minimum Gasteiger partial charge on any atom is -0.490 e. The molecule has 3 rings (SSSR count). The van der Waals surface area contributed by atoms with Gasteiger partial charge in [0.15, 0.2) is 11.5 Å². The van der Waals surface area contributed by atoms with Crippen LogP contribution in [-0.2, 0) is 16.1 Å². The molecular formula is C22H25ClFN3O4. The molecule has 0 bridgehead atoms. The molecule has 1 saturated heterocycles. The van der Waals surface area contributed by atoms with Crippen molar-refractivity contribution in [1.82, 2.24) is 10.3 Å². The highest BCUT2D eigenvalue weighted by molar-refractivity contribution is 6.32. The van der Waals surface area contributed by atoms with Gasteiger partial charge in [-0.3, -0.25) is 9.69 Å². The molecular weight excluding hydrogens is 425 g/mol. The number of carbonyl (C=O) groups excluding carboxylic acids is 1. The topological polar surface area (TPSA) is 72.4 Å². The van der Waals surface area contributed by atoms with Gasteiger partial charge in [0.25, 0.3) is 5.91 Å². The Morgan fingerprint density at radius 1 is 1.26 bits per heavy atom. The lowest BCUT2D eigenvalue weighted by Gasteiger charge is -2.25. The molecule has 0 saturated carbocycles. The molecule has 166 valence electrons. The standard InChI is InChI=1S/C22H25ClFN3O4/c1-2-30-20-12-17(13-25-26-21(28)14-27-7-9-29-10-8-27)11-19(23)22(20)31-15-16-3-5-18(24)6-4-16/h3-6,11-13H,2,7-10,14-15H2,1H3,(H,26,28)/b25-13+. The number of carbonyl (C=O) groups is 1. The third-order valence-corrected chi connectivity index (χ3v) is 4.78. The van der Waals surface area contributed by atoms with E-state index >= 15 is 0 Å². The number of morpholine rings is 1. The Bertz CT molecular complexity index is 902. The van der Waals surface area contributed by atoms with Gasteiger partial charge >= 0.3 is 0 Å². The molecule has 1 aliphatic heterocycles. The highest BCUT2D eigenvalue weighted by atomic mass is 35.5. The van der Waals surface area contributed by atoms with E-state index in [0.717, 1.165) is 18.7 Å². The molecule has 2 aromatic rings. The zero-order valence-electron chi connectivity index (χ0n) is 17.3. The van der Waals surface area contributed by atoms with Gasteiger partial charge in [-0.1, -0.05) is 23.7 Å². The predicted molar refractivity (Wildman–Crippen MR) is 116 cm³/mol. The van der Waals surface area contributed by atoms with Crippen LogP contribution in [0.2, 0.25) is 5.02 Å². The van der Waals surface area contributed by atoms with Crippen LogP contribution in [0.15, 0.2) is 41.5 Å². The summed E-state index contributed by atoms with van der Waals surface area (Å²) in [5.41, 5.74) is 3.96. The lowest BCUT2D eigenvalue weighted by Crippen LogP contribution is -2.42. The van der Waals surface area contributed by atoms with Gasteiger partial charge < -0.3 is 14.2 Å². The number of nitrogens with zero attached hydrogens (tertiary/aromatic N) is 2. The fraction of sp³-hybridized carbons (Fsp3) is 0.364. The molecule has 0 radical (unpaired) electrons. The van der Waals surface area contributed by atoms with Crippen LogP contribution < -0.4 is 14.9 Å². The maximum Gasteiger partial charge on any atom is 0.254 e. The molecule has 1 fully saturated rings. The molecule has 7 nitrogen and oxygen atoms in total. The maximum atomic E-state index is 13.1. The second kappa shape index (κ2) is 11.6. The number of nitrogens with one attached hydrogen (secondary N) is 1. The van der Waals surface area contributed by atoms with E-state index in [1.165, 1.54) is 18.3 Å². The first-order chi connectivity index (χ1) is 15.0. The van der Waals surface area contributed by atoms with E-state index in [9.17, 15) is 9.18 Å². The van der Waals surface area contributed by atoms with Gasteiger partial charge in [0.05, 0.1) is 37.6 Å². The second-order valence-electron chi connectivity index (χ2n) is 6.86. The van der Waals surface area contributed by atoms with Gasteiger partial charge in [-0.05, 0) is 42.3 Å². The van der Waals surface area contributed by atoms with Crippen molar-refractivity contribution < 1.29 is 23.4 Å². The third-order valence-electron chi connectivity index (χ3n) is 4.50. The Kier molecular flexibility index (Phi) is 8.63. The molecule has 0 aliphatic carbocycles. The average Bonchev–Trinajstić information content (AvgIpc) is 2.75. The van der Waals surface area contributed by atoms with Gasteiger partial charge in [0.2, 0.25) is 0 Å². The summed E-state index contributed by atoms with van der Waals surface area (Å²) in [7, 11) is 0. The molecule has 0 atom stereocenters. The smallest absolute Gasteiger partial charge is 0.254 e. The summed E-state index contributed by atoms with van der Waals surface area (Å²) in [4.78, 5) is 14.0. The van der Waals surface area contributed by atoms with E-state index in [0.29, 0.717) is 41.9 Å². The first-order valence-corrected chi connectivity index (χ1v) is 10.4.